The van der Waals surface area contributed by atoms with Gasteiger partial charge in [-0.05, 0) is 49.8 Å². The number of rotatable bonds is 9. The van der Waals surface area contributed by atoms with E-state index in [0.717, 1.165) is 11.3 Å². The van der Waals surface area contributed by atoms with Gasteiger partial charge < -0.3 is 10.1 Å². The smallest absolute Gasteiger partial charge is 0.250 e. The van der Waals surface area contributed by atoms with Crippen LogP contribution < -0.4 is 15.4 Å². The number of hydrogen-bond donors (Lipinski definition) is 2. The molecule has 3 rings (SSSR count). The number of aromatic nitrogens is 2. The quantitative estimate of drug-likeness (QED) is 0.276. The molecule has 1 aromatic heterocycles. The number of carbonyl (C=O) groups is 2. The summed E-state index contributed by atoms with van der Waals surface area (Å²) in [7, 11) is 0. The van der Waals surface area contributed by atoms with Crippen LogP contribution in [0.15, 0.2) is 65.0 Å². The number of anilines is 2. The van der Waals surface area contributed by atoms with E-state index in [1.807, 2.05) is 49.4 Å². The van der Waals surface area contributed by atoms with Crippen LogP contribution in [-0.4, -0.2) is 33.9 Å². The topological polar surface area (TPSA) is 93.2 Å². The third-order valence-corrected chi connectivity index (χ3v) is 5.97. The molecule has 2 N–H and O–H groups in total. The Morgan fingerprint density at radius 3 is 2.55 bits per heavy atom. The lowest BCUT2D eigenvalue weighted by atomic mass is 10.2. The fourth-order valence-electron chi connectivity index (χ4n) is 2.44. The van der Waals surface area contributed by atoms with Gasteiger partial charge in [0, 0.05) is 11.8 Å². The average Bonchev–Trinajstić information content (AvgIpc) is 3.21. The second-order valence-corrected chi connectivity index (χ2v) is 8.88. The van der Waals surface area contributed by atoms with Gasteiger partial charge in [0.25, 0.3) is 0 Å². The number of amides is 2. The maximum Gasteiger partial charge on any atom is 0.250 e. The first-order chi connectivity index (χ1) is 15.0. The van der Waals surface area contributed by atoms with Gasteiger partial charge in [-0.15, -0.1) is 10.2 Å². The van der Waals surface area contributed by atoms with E-state index in [2.05, 4.69) is 20.8 Å². The third-order valence-electron chi connectivity index (χ3n) is 3.94. The normalized spacial score (nSPS) is 11.8. The molecule has 9 heteroatoms. The van der Waals surface area contributed by atoms with Gasteiger partial charge in [-0.2, -0.15) is 0 Å². The SMILES string of the molecule is CCOc1ccc(NC(=O)C(C)Sc2nnc(NC(=O)C=Cc3ccccc3)s2)cc1. The van der Waals surface area contributed by atoms with Crippen molar-refractivity contribution >= 4 is 51.8 Å². The number of nitrogens with zero attached hydrogens (tertiary/aromatic N) is 2. The van der Waals surface area contributed by atoms with Crippen LogP contribution in [0.1, 0.15) is 19.4 Å². The zero-order valence-electron chi connectivity index (χ0n) is 17.1. The summed E-state index contributed by atoms with van der Waals surface area (Å²) in [6, 6.07) is 16.7. The van der Waals surface area contributed by atoms with E-state index in [4.69, 9.17) is 4.74 Å². The zero-order chi connectivity index (χ0) is 22.1. The molecule has 7 nitrogen and oxygen atoms in total. The van der Waals surface area contributed by atoms with Gasteiger partial charge in [-0.1, -0.05) is 53.4 Å². The molecule has 0 aliphatic carbocycles. The Hall–Kier alpha value is -3.17. The molecule has 2 aromatic carbocycles. The minimum Gasteiger partial charge on any atom is -0.494 e. The highest BCUT2D eigenvalue weighted by atomic mass is 32.2. The van der Waals surface area contributed by atoms with Gasteiger partial charge in [-0.3, -0.25) is 14.9 Å². The summed E-state index contributed by atoms with van der Waals surface area (Å²) >= 11 is 2.50. The summed E-state index contributed by atoms with van der Waals surface area (Å²) in [5, 5.41) is 13.6. The maximum absolute atomic E-state index is 12.4. The molecule has 0 saturated carbocycles. The van der Waals surface area contributed by atoms with E-state index in [-0.39, 0.29) is 17.1 Å². The lowest BCUT2D eigenvalue weighted by Gasteiger charge is -2.11. The lowest BCUT2D eigenvalue weighted by Crippen LogP contribution is -2.22. The first-order valence-electron chi connectivity index (χ1n) is 9.61. The van der Waals surface area contributed by atoms with Crippen molar-refractivity contribution in [1.29, 1.82) is 0 Å². The van der Waals surface area contributed by atoms with Crippen LogP contribution >= 0.6 is 23.1 Å². The van der Waals surface area contributed by atoms with E-state index in [9.17, 15) is 9.59 Å². The van der Waals surface area contributed by atoms with Gasteiger partial charge in [-0.25, -0.2) is 0 Å². The standard InChI is InChI=1S/C22H22N4O3S2/c1-3-29-18-12-10-17(11-13-18)23-20(28)15(2)30-22-26-25-21(31-22)24-19(27)14-9-16-7-5-4-6-8-16/h4-15H,3H2,1-2H3,(H,23,28)(H,24,25,27). The minimum absolute atomic E-state index is 0.152. The molecule has 3 aromatic rings. The Labute approximate surface area is 188 Å². The van der Waals surface area contributed by atoms with E-state index in [1.165, 1.54) is 29.2 Å². The predicted molar refractivity (Wildman–Crippen MR) is 126 cm³/mol. The van der Waals surface area contributed by atoms with Crippen LogP contribution in [0.3, 0.4) is 0 Å². The van der Waals surface area contributed by atoms with E-state index in [1.54, 1.807) is 25.1 Å². The van der Waals surface area contributed by atoms with Gasteiger partial charge >= 0.3 is 0 Å². The van der Waals surface area contributed by atoms with Crippen molar-refractivity contribution < 1.29 is 14.3 Å². The number of ether oxygens (including phenoxy) is 1. The monoisotopic (exact) mass is 454 g/mol. The molecule has 0 spiro atoms. The number of thioether (sulfide) groups is 1. The largest absolute Gasteiger partial charge is 0.494 e. The summed E-state index contributed by atoms with van der Waals surface area (Å²) in [5.74, 6) is 0.309. The molecule has 1 unspecified atom stereocenters. The van der Waals surface area contributed by atoms with Gasteiger partial charge in [0.1, 0.15) is 5.75 Å². The summed E-state index contributed by atoms with van der Waals surface area (Å²) in [6.45, 7) is 4.30. The first kappa shape index (κ1) is 22.5. The second kappa shape index (κ2) is 11.3. The average molecular weight is 455 g/mol. The number of hydrogen-bond acceptors (Lipinski definition) is 7. The predicted octanol–water partition coefficient (Wildman–Crippen LogP) is 4.71. The van der Waals surface area contributed by atoms with Gasteiger partial charge in [0.05, 0.1) is 11.9 Å². The molecule has 0 aliphatic rings. The van der Waals surface area contributed by atoms with Crippen molar-refractivity contribution in [2.24, 2.45) is 0 Å². The minimum atomic E-state index is -0.388. The molecule has 2 amide bonds. The summed E-state index contributed by atoms with van der Waals surface area (Å²) in [5.41, 5.74) is 1.62. The molecule has 0 radical (unpaired) electrons. The number of nitrogens with one attached hydrogen (secondary N) is 2. The first-order valence-corrected chi connectivity index (χ1v) is 11.3. The van der Waals surface area contributed by atoms with Crippen molar-refractivity contribution in [2.75, 3.05) is 17.2 Å². The van der Waals surface area contributed by atoms with Crippen LogP contribution in [0.4, 0.5) is 10.8 Å². The fraction of sp³-hybridized carbons (Fsp3) is 0.182. The summed E-state index contributed by atoms with van der Waals surface area (Å²) < 4.78 is 5.99. The lowest BCUT2D eigenvalue weighted by molar-refractivity contribution is -0.115. The fourth-order valence-corrected chi connectivity index (χ4v) is 4.34. The molecule has 1 heterocycles. The highest BCUT2D eigenvalue weighted by molar-refractivity contribution is 8.02. The van der Waals surface area contributed by atoms with Gasteiger partial charge in [0.15, 0.2) is 4.34 Å². The Bertz CT molecular complexity index is 1040. The van der Waals surface area contributed by atoms with Gasteiger partial charge in [0.2, 0.25) is 16.9 Å². The van der Waals surface area contributed by atoms with Crippen molar-refractivity contribution in [3.63, 3.8) is 0 Å². The van der Waals surface area contributed by atoms with E-state index in [0.29, 0.717) is 21.8 Å². The van der Waals surface area contributed by atoms with Crippen LogP contribution in [0.2, 0.25) is 0 Å². The Kier molecular flexibility index (Phi) is 8.19. The highest BCUT2D eigenvalue weighted by Crippen LogP contribution is 2.29. The Balaban J connectivity index is 1.49. The molecule has 1 atom stereocenters. The van der Waals surface area contributed by atoms with Crippen molar-refractivity contribution in [3.8, 4) is 5.75 Å². The summed E-state index contributed by atoms with van der Waals surface area (Å²) in [4.78, 5) is 24.5. The highest BCUT2D eigenvalue weighted by Gasteiger charge is 2.18. The Morgan fingerprint density at radius 1 is 1.10 bits per heavy atom. The number of benzene rings is 2. The molecule has 0 fully saturated rings. The molecule has 160 valence electrons. The molecular formula is C22H22N4O3S2. The Morgan fingerprint density at radius 2 is 1.84 bits per heavy atom. The molecule has 0 bridgehead atoms. The third kappa shape index (κ3) is 7.23. The molecule has 0 aliphatic heterocycles. The summed E-state index contributed by atoms with van der Waals surface area (Å²) in [6.07, 6.45) is 3.16. The van der Waals surface area contributed by atoms with Crippen LogP contribution in [0, 0.1) is 0 Å². The molecule has 31 heavy (non-hydrogen) atoms. The van der Waals surface area contributed by atoms with Crippen LogP contribution in [-0.2, 0) is 9.59 Å². The second-order valence-electron chi connectivity index (χ2n) is 6.31. The zero-order valence-corrected chi connectivity index (χ0v) is 18.7. The van der Waals surface area contributed by atoms with E-state index < -0.39 is 0 Å². The van der Waals surface area contributed by atoms with Crippen molar-refractivity contribution in [1.82, 2.24) is 10.2 Å². The number of carbonyl (C=O) groups excluding carboxylic acids is 2. The maximum atomic E-state index is 12.4. The van der Waals surface area contributed by atoms with E-state index >= 15 is 0 Å². The molecule has 0 saturated heterocycles. The van der Waals surface area contributed by atoms with Crippen LogP contribution in [0.5, 0.6) is 5.75 Å². The van der Waals surface area contributed by atoms with Crippen molar-refractivity contribution in [3.05, 3.63) is 66.2 Å². The van der Waals surface area contributed by atoms with Crippen LogP contribution in [0.25, 0.3) is 6.08 Å². The molecular weight excluding hydrogens is 432 g/mol. The van der Waals surface area contributed by atoms with Crippen molar-refractivity contribution in [2.45, 2.75) is 23.4 Å².